The maximum atomic E-state index is 13.4. The van der Waals surface area contributed by atoms with Crippen LogP contribution in [-0.2, 0) is 6.54 Å². The number of halogens is 2. The molecule has 1 heterocycles. The van der Waals surface area contributed by atoms with Gasteiger partial charge in [0.1, 0.15) is 23.7 Å². The Hall–Kier alpha value is -2.57. The molecule has 0 spiro atoms. The van der Waals surface area contributed by atoms with Crippen molar-refractivity contribution in [3.8, 4) is 5.88 Å². The average molecular weight is 293 g/mol. The summed E-state index contributed by atoms with van der Waals surface area (Å²) < 4.78 is 31.4. The number of hydrogen-bond acceptors (Lipinski definition) is 4. The van der Waals surface area contributed by atoms with Crippen LogP contribution in [0.2, 0.25) is 0 Å². The lowest BCUT2D eigenvalue weighted by Gasteiger charge is -2.07. The van der Waals surface area contributed by atoms with Gasteiger partial charge in [0.15, 0.2) is 0 Å². The van der Waals surface area contributed by atoms with Crippen LogP contribution >= 0.6 is 0 Å². The molecule has 5 nitrogen and oxygen atoms in total. The van der Waals surface area contributed by atoms with Crippen LogP contribution in [0.1, 0.15) is 23.0 Å². The van der Waals surface area contributed by atoms with Crippen molar-refractivity contribution in [2.24, 2.45) is 0 Å². The van der Waals surface area contributed by atoms with E-state index in [1.807, 2.05) is 0 Å². The highest BCUT2D eigenvalue weighted by atomic mass is 19.1. The second-order valence-electron chi connectivity index (χ2n) is 4.09. The van der Waals surface area contributed by atoms with Gasteiger partial charge < -0.3 is 10.1 Å². The van der Waals surface area contributed by atoms with Crippen LogP contribution in [-0.4, -0.2) is 22.5 Å². The molecule has 0 saturated heterocycles. The predicted octanol–water partition coefficient (Wildman–Crippen LogP) is 2.08. The highest BCUT2D eigenvalue weighted by molar-refractivity contribution is 5.92. The molecule has 0 aliphatic carbocycles. The summed E-state index contributed by atoms with van der Waals surface area (Å²) in [6.45, 7) is 2.14. The van der Waals surface area contributed by atoms with Crippen LogP contribution in [0.15, 0.2) is 30.6 Å². The Bertz CT molecular complexity index is 650. The van der Waals surface area contributed by atoms with Gasteiger partial charge in [0.05, 0.1) is 6.61 Å². The van der Waals surface area contributed by atoms with E-state index in [1.165, 1.54) is 18.5 Å². The molecule has 110 valence electrons. The van der Waals surface area contributed by atoms with Gasteiger partial charge in [-0.25, -0.2) is 18.7 Å². The predicted molar refractivity (Wildman–Crippen MR) is 70.7 cm³/mol. The van der Waals surface area contributed by atoms with Gasteiger partial charge in [0, 0.05) is 24.2 Å². The third kappa shape index (κ3) is 3.95. The lowest BCUT2D eigenvalue weighted by molar-refractivity contribution is 0.0944. The molecule has 1 aromatic carbocycles. The molecule has 1 aromatic heterocycles. The normalized spacial score (nSPS) is 10.2. The third-order valence-electron chi connectivity index (χ3n) is 2.62. The van der Waals surface area contributed by atoms with Gasteiger partial charge in [-0.05, 0) is 13.0 Å². The SMILES string of the molecule is CCOc1cc(C(=O)NCc2ccc(F)cc2F)ncn1. The maximum Gasteiger partial charge on any atom is 0.270 e. The fraction of sp³-hybridized carbons (Fsp3) is 0.214. The third-order valence-corrected chi connectivity index (χ3v) is 2.62. The van der Waals surface area contributed by atoms with Crippen molar-refractivity contribution >= 4 is 5.91 Å². The molecule has 0 fully saturated rings. The number of benzene rings is 1. The minimum atomic E-state index is -0.715. The molecular weight excluding hydrogens is 280 g/mol. The molecule has 0 radical (unpaired) electrons. The maximum absolute atomic E-state index is 13.4. The van der Waals surface area contributed by atoms with E-state index in [9.17, 15) is 13.6 Å². The summed E-state index contributed by atoms with van der Waals surface area (Å²) in [5.74, 6) is -1.60. The molecule has 0 aliphatic heterocycles. The molecule has 0 unspecified atom stereocenters. The zero-order valence-corrected chi connectivity index (χ0v) is 11.3. The number of amides is 1. The van der Waals surface area contributed by atoms with Crippen LogP contribution < -0.4 is 10.1 Å². The molecular formula is C14H13F2N3O2. The van der Waals surface area contributed by atoms with Crippen molar-refractivity contribution in [2.75, 3.05) is 6.61 Å². The smallest absolute Gasteiger partial charge is 0.270 e. The first kappa shape index (κ1) is 14.8. The molecule has 2 rings (SSSR count). The number of nitrogens with one attached hydrogen (secondary N) is 1. The van der Waals surface area contributed by atoms with Crippen molar-refractivity contribution in [1.82, 2.24) is 15.3 Å². The summed E-state index contributed by atoms with van der Waals surface area (Å²) >= 11 is 0. The monoisotopic (exact) mass is 293 g/mol. The fourth-order valence-electron chi connectivity index (χ4n) is 1.62. The molecule has 0 saturated carbocycles. The van der Waals surface area contributed by atoms with Gasteiger partial charge in [0.2, 0.25) is 5.88 Å². The van der Waals surface area contributed by atoms with Gasteiger partial charge in [-0.15, -0.1) is 0 Å². The lowest BCUT2D eigenvalue weighted by Crippen LogP contribution is -2.24. The largest absolute Gasteiger partial charge is 0.478 e. The Labute approximate surface area is 120 Å². The first-order valence-electron chi connectivity index (χ1n) is 6.27. The number of carbonyl (C=O) groups excluding carboxylic acids is 1. The summed E-state index contributed by atoms with van der Waals surface area (Å²) in [5.41, 5.74) is 0.291. The van der Waals surface area contributed by atoms with E-state index in [1.54, 1.807) is 6.92 Å². The number of aromatic nitrogens is 2. The van der Waals surface area contributed by atoms with Crippen molar-refractivity contribution < 1.29 is 18.3 Å². The van der Waals surface area contributed by atoms with Gasteiger partial charge in [-0.2, -0.15) is 0 Å². The molecule has 1 amide bonds. The highest BCUT2D eigenvalue weighted by Crippen LogP contribution is 2.10. The van der Waals surface area contributed by atoms with E-state index in [-0.39, 0.29) is 23.7 Å². The molecule has 7 heteroatoms. The van der Waals surface area contributed by atoms with Crippen LogP contribution in [0.4, 0.5) is 8.78 Å². The standard InChI is InChI=1S/C14H13F2N3O2/c1-2-21-13-6-12(18-8-19-13)14(20)17-7-9-3-4-10(15)5-11(9)16/h3-6,8H,2,7H2,1H3,(H,17,20). The van der Waals surface area contributed by atoms with Crippen LogP contribution in [0.25, 0.3) is 0 Å². The fourth-order valence-corrected chi connectivity index (χ4v) is 1.62. The van der Waals surface area contributed by atoms with E-state index in [0.29, 0.717) is 6.61 Å². The van der Waals surface area contributed by atoms with E-state index in [0.717, 1.165) is 12.1 Å². The zero-order chi connectivity index (χ0) is 15.2. The number of hydrogen-bond donors (Lipinski definition) is 1. The number of rotatable bonds is 5. The Balaban J connectivity index is 2.02. The summed E-state index contributed by atoms with van der Waals surface area (Å²) in [6.07, 6.45) is 1.21. The Morgan fingerprint density at radius 2 is 2.10 bits per heavy atom. The second kappa shape index (κ2) is 6.74. The van der Waals surface area contributed by atoms with Gasteiger partial charge in [-0.1, -0.05) is 6.07 Å². The number of ether oxygens (including phenoxy) is 1. The van der Waals surface area contributed by atoms with E-state index in [4.69, 9.17) is 4.74 Å². The van der Waals surface area contributed by atoms with Gasteiger partial charge >= 0.3 is 0 Å². The quantitative estimate of drug-likeness (QED) is 0.916. The molecule has 1 N–H and O–H groups in total. The summed E-state index contributed by atoms with van der Waals surface area (Å²) in [4.78, 5) is 19.6. The topological polar surface area (TPSA) is 64.1 Å². The summed E-state index contributed by atoms with van der Waals surface area (Å²) in [6, 6.07) is 4.55. The Morgan fingerprint density at radius 1 is 1.29 bits per heavy atom. The van der Waals surface area contributed by atoms with E-state index in [2.05, 4.69) is 15.3 Å². The minimum absolute atomic E-state index is 0.0705. The van der Waals surface area contributed by atoms with E-state index >= 15 is 0 Å². The average Bonchev–Trinajstić information content (AvgIpc) is 2.47. The first-order valence-corrected chi connectivity index (χ1v) is 6.27. The van der Waals surface area contributed by atoms with Gasteiger partial charge in [-0.3, -0.25) is 4.79 Å². The zero-order valence-electron chi connectivity index (χ0n) is 11.3. The van der Waals surface area contributed by atoms with Gasteiger partial charge in [0.25, 0.3) is 5.91 Å². The minimum Gasteiger partial charge on any atom is -0.478 e. The highest BCUT2D eigenvalue weighted by Gasteiger charge is 2.10. The summed E-state index contributed by atoms with van der Waals surface area (Å²) in [7, 11) is 0. The Morgan fingerprint density at radius 3 is 2.81 bits per heavy atom. The van der Waals surface area contributed by atoms with Crippen LogP contribution in [0.5, 0.6) is 5.88 Å². The molecule has 0 bridgehead atoms. The molecule has 0 atom stereocenters. The molecule has 21 heavy (non-hydrogen) atoms. The summed E-state index contributed by atoms with van der Waals surface area (Å²) in [5, 5.41) is 2.50. The van der Waals surface area contributed by atoms with E-state index < -0.39 is 17.5 Å². The second-order valence-corrected chi connectivity index (χ2v) is 4.09. The van der Waals surface area contributed by atoms with Crippen molar-refractivity contribution in [1.29, 1.82) is 0 Å². The molecule has 2 aromatic rings. The number of nitrogens with zero attached hydrogens (tertiary/aromatic N) is 2. The lowest BCUT2D eigenvalue weighted by atomic mass is 10.2. The van der Waals surface area contributed by atoms with Crippen molar-refractivity contribution in [3.05, 3.63) is 53.5 Å². The van der Waals surface area contributed by atoms with Crippen LogP contribution in [0, 0.1) is 11.6 Å². The van der Waals surface area contributed by atoms with Crippen LogP contribution in [0.3, 0.4) is 0 Å². The van der Waals surface area contributed by atoms with Crippen molar-refractivity contribution in [3.63, 3.8) is 0 Å². The van der Waals surface area contributed by atoms with Crippen molar-refractivity contribution in [2.45, 2.75) is 13.5 Å². The molecule has 0 aliphatic rings. The Kier molecular flexibility index (Phi) is 4.76. The number of carbonyl (C=O) groups is 1. The first-order chi connectivity index (χ1) is 10.1.